The summed E-state index contributed by atoms with van der Waals surface area (Å²) in [5.74, 6) is 0.569. The minimum Gasteiger partial charge on any atom is -0.383 e. The van der Waals surface area contributed by atoms with Crippen LogP contribution in [0, 0.1) is 6.92 Å². The molecule has 1 heterocycles. The van der Waals surface area contributed by atoms with Crippen molar-refractivity contribution in [2.45, 2.75) is 19.9 Å². The van der Waals surface area contributed by atoms with Crippen LogP contribution in [0.4, 0.5) is 5.82 Å². The summed E-state index contributed by atoms with van der Waals surface area (Å²) in [4.78, 5) is 3.94. The van der Waals surface area contributed by atoms with Gasteiger partial charge in [-0.15, -0.1) is 0 Å². The molecule has 0 spiro atoms. The van der Waals surface area contributed by atoms with Crippen LogP contribution in [-0.4, -0.2) is 4.98 Å². The zero-order chi connectivity index (χ0) is 8.43. The normalized spacial score (nSPS) is 13.0. The monoisotopic (exact) mass is 151 g/mol. The van der Waals surface area contributed by atoms with Gasteiger partial charge in [-0.1, -0.05) is 0 Å². The summed E-state index contributed by atoms with van der Waals surface area (Å²) in [7, 11) is 0. The number of hydrogen-bond donors (Lipinski definition) is 2. The molecule has 4 N–H and O–H groups in total. The van der Waals surface area contributed by atoms with Gasteiger partial charge in [0.2, 0.25) is 0 Å². The van der Waals surface area contributed by atoms with E-state index in [1.54, 1.807) is 6.20 Å². The Hall–Kier alpha value is -1.09. The molecule has 0 fully saturated rings. The molecule has 1 unspecified atom stereocenters. The van der Waals surface area contributed by atoms with Crippen LogP contribution in [0.3, 0.4) is 0 Å². The summed E-state index contributed by atoms with van der Waals surface area (Å²) < 4.78 is 0. The van der Waals surface area contributed by atoms with E-state index < -0.39 is 0 Å². The van der Waals surface area contributed by atoms with Gasteiger partial charge in [-0.05, 0) is 31.0 Å². The van der Waals surface area contributed by atoms with E-state index in [4.69, 9.17) is 11.5 Å². The molecule has 3 nitrogen and oxygen atoms in total. The minimum atomic E-state index is 0.0281. The van der Waals surface area contributed by atoms with Crippen LogP contribution in [0.5, 0.6) is 0 Å². The van der Waals surface area contributed by atoms with E-state index in [1.807, 2.05) is 19.9 Å². The first-order chi connectivity index (χ1) is 5.13. The summed E-state index contributed by atoms with van der Waals surface area (Å²) in [6, 6.07) is 1.93. The molecule has 0 aromatic carbocycles. The fraction of sp³-hybridized carbons (Fsp3) is 0.375. The van der Waals surface area contributed by atoms with Gasteiger partial charge in [-0.2, -0.15) is 0 Å². The van der Waals surface area contributed by atoms with E-state index >= 15 is 0 Å². The van der Waals surface area contributed by atoms with E-state index in [2.05, 4.69) is 4.98 Å². The highest BCUT2D eigenvalue weighted by molar-refractivity contribution is 5.44. The molecule has 0 saturated heterocycles. The van der Waals surface area contributed by atoms with Crippen molar-refractivity contribution in [3.8, 4) is 0 Å². The van der Waals surface area contributed by atoms with Crippen molar-refractivity contribution < 1.29 is 0 Å². The molecule has 0 radical (unpaired) electrons. The number of hydrogen-bond acceptors (Lipinski definition) is 3. The maximum atomic E-state index is 5.70. The van der Waals surface area contributed by atoms with E-state index in [9.17, 15) is 0 Å². The molecule has 0 aliphatic carbocycles. The zero-order valence-corrected chi connectivity index (χ0v) is 6.83. The Morgan fingerprint density at radius 3 is 2.64 bits per heavy atom. The van der Waals surface area contributed by atoms with Crippen LogP contribution in [0.2, 0.25) is 0 Å². The molecule has 1 atom stereocenters. The highest BCUT2D eigenvalue weighted by atomic mass is 14.8. The quantitative estimate of drug-likeness (QED) is 0.629. The summed E-state index contributed by atoms with van der Waals surface area (Å²) in [6.45, 7) is 3.86. The first-order valence-corrected chi connectivity index (χ1v) is 3.59. The van der Waals surface area contributed by atoms with Crippen molar-refractivity contribution in [2.24, 2.45) is 5.73 Å². The first-order valence-electron chi connectivity index (χ1n) is 3.59. The molecule has 1 aromatic heterocycles. The Labute approximate surface area is 66.4 Å². The fourth-order valence-corrected chi connectivity index (χ4v) is 1.06. The van der Waals surface area contributed by atoms with Crippen LogP contribution in [0.1, 0.15) is 24.1 Å². The summed E-state index contributed by atoms with van der Waals surface area (Å²) in [5.41, 5.74) is 13.3. The van der Waals surface area contributed by atoms with Crippen LogP contribution in [0.25, 0.3) is 0 Å². The summed E-state index contributed by atoms with van der Waals surface area (Å²) in [6.07, 6.45) is 1.68. The van der Waals surface area contributed by atoms with Crippen molar-refractivity contribution in [1.82, 2.24) is 4.98 Å². The molecule has 0 aliphatic rings. The van der Waals surface area contributed by atoms with Crippen molar-refractivity contribution in [2.75, 3.05) is 5.73 Å². The third kappa shape index (κ3) is 1.49. The van der Waals surface area contributed by atoms with Crippen molar-refractivity contribution in [1.29, 1.82) is 0 Å². The van der Waals surface area contributed by atoms with Gasteiger partial charge in [0.25, 0.3) is 0 Å². The average molecular weight is 151 g/mol. The van der Waals surface area contributed by atoms with Gasteiger partial charge in [0, 0.05) is 12.2 Å². The first kappa shape index (κ1) is 8.01. The lowest BCUT2D eigenvalue weighted by Crippen LogP contribution is -2.08. The van der Waals surface area contributed by atoms with Crippen LogP contribution < -0.4 is 11.5 Å². The van der Waals surface area contributed by atoms with Gasteiger partial charge in [0.15, 0.2) is 0 Å². The highest BCUT2D eigenvalue weighted by Crippen LogP contribution is 2.17. The lowest BCUT2D eigenvalue weighted by molar-refractivity contribution is 0.807. The highest BCUT2D eigenvalue weighted by Gasteiger charge is 2.05. The maximum Gasteiger partial charge on any atom is 0.126 e. The van der Waals surface area contributed by atoms with E-state index in [0.717, 1.165) is 11.1 Å². The number of nitrogen functional groups attached to an aromatic ring is 1. The molecule has 60 valence electrons. The predicted molar refractivity (Wildman–Crippen MR) is 46.0 cm³/mol. The molecule has 0 bridgehead atoms. The Morgan fingerprint density at radius 1 is 1.55 bits per heavy atom. The molecule has 11 heavy (non-hydrogen) atoms. The Kier molecular flexibility index (Phi) is 2.10. The summed E-state index contributed by atoms with van der Waals surface area (Å²) >= 11 is 0. The van der Waals surface area contributed by atoms with E-state index in [1.165, 1.54) is 0 Å². The van der Waals surface area contributed by atoms with Crippen LogP contribution >= 0.6 is 0 Å². The molecular formula is C8H13N3. The predicted octanol–water partition coefficient (Wildman–Crippen LogP) is 0.992. The number of rotatable bonds is 1. The average Bonchev–Trinajstić information content (AvgIpc) is 1.94. The molecule has 0 amide bonds. The topological polar surface area (TPSA) is 64.9 Å². The number of aromatic nitrogens is 1. The standard InChI is InChI=1S/C8H13N3/c1-5-7(6(2)9)3-4-11-8(5)10/h3-4,6H,9H2,1-2H3,(H2,10,11). The molecule has 3 heteroatoms. The van der Waals surface area contributed by atoms with Crippen LogP contribution in [-0.2, 0) is 0 Å². The number of nitrogens with two attached hydrogens (primary N) is 2. The number of anilines is 1. The minimum absolute atomic E-state index is 0.0281. The third-order valence-electron chi connectivity index (χ3n) is 1.78. The van der Waals surface area contributed by atoms with Gasteiger partial charge in [0.05, 0.1) is 0 Å². The fourth-order valence-electron chi connectivity index (χ4n) is 1.06. The number of nitrogens with zero attached hydrogens (tertiary/aromatic N) is 1. The Morgan fingerprint density at radius 2 is 2.18 bits per heavy atom. The molecule has 1 rings (SSSR count). The van der Waals surface area contributed by atoms with Gasteiger partial charge in [-0.3, -0.25) is 0 Å². The SMILES string of the molecule is Cc1c(C(C)N)ccnc1N. The second kappa shape index (κ2) is 2.88. The van der Waals surface area contributed by atoms with E-state index in [0.29, 0.717) is 5.82 Å². The van der Waals surface area contributed by atoms with Gasteiger partial charge >= 0.3 is 0 Å². The molecule has 0 saturated carbocycles. The summed E-state index contributed by atoms with van der Waals surface area (Å²) in [5, 5.41) is 0. The van der Waals surface area contributed by atoms with Crippen molar-refractivity contribution >= 4 is 5.82 Å². The third-order valence-corrected chi connectivity index (χ3v) is 1.78. The van der Waals surface area contributed by atoms with Crippen LogP contribution in [0.15, 0.2) is 12.3 Å². The Bertz CT molecular complexity index is 256. The number of pyridine rings is 1. The van der Waals surface area contributed by atoms with Crippen molar-refractivity contribution in [3.63, 3.8) is 0 Å². The van der Waals surface area contributed by atoms with Gasteiger partial charge in [0.1, 0.15) is 5.82 Å². The Balaban J connectivity index is 3.17. The smallest absolute Gasteiger partial charge is 0.126 e. The van der Waals surface area contributed by atoms with Crippen molar-refractivity contribution in [3.05, 3.63) is 23.4 Å². The van der Waals surface area contributed by atoms with Gasteiger partial charge in [-0.25, -0.2) is 4.98 Å². The second-order valence-electron chi connectivity index (χ2n) is 2.70. The van der Waals surface area contributed by atoms with E-state index in [-0.39, 0.29) is 6.04 Å². The maximum absolute atomic E-state index is 5.70. The molecule has 1 aromatic rings. The zero-order valence-electron chi connectivity index (χ0n) is 6.83. The molecular weight excluding hydrogens is 138 g/mol. The largest absolute Gasteiger partial charge is 0.383 e. The molecule has 0 aliphatic heterocycles. The second-order valence-corrected chi connectivity index (χ2v) is 2.70. The van der Waals surface area contributed by atoms with Gasteiger partial charge < -0.3 is 11.5 Å². The lowest BCUT2D eigenvalue weighted by Gasteiger charge is -2.09. The lowest BCUT2D eigenvalue weighted by atomic mass is 10.1.